The standard InChI is InChI=1S/C19H13Cl2NO4S.Li.H/c20-12-1-3-14(16(21)7-12)18(23)22-17-4-2-13(8-15(17)19(24)25)26-9-11-5-6-27-10-11;;/h1-8,10H,9H2,(H,22,23)(H,24,25);;. The number of rotatable bonds is 6. The van der Waals surface area contributed by atoms with E-state index >= 15 is 0 Å². The Labute approximate surface area is 187 Å². The van der Waals surface area contributed by atoms with Gasteiger partial charge in [0.25, 0.3) is 5.91 Å². The van der Waals surface area contributed by atoms with Crippen LogP contribution in [0.1, 0.15) is 26.3 Å². The van der Waals surface area contributed by atoms with Gasteiger partial charge < -0.3 is 15.2 Å². The Kier molecular flexibility index (Phi) is 7.99. The fraction of sp³-hybridized carbons (Fsp3) is 0.0526. The minimum atomic E-state index is -1.19. The quantitative estimate of drug-likeness (QED) is 0.544. The molecular weight excluding hydrogens is 416 g/mol. The zero-order valence-corrected chi connectivity index (χ0v) is 16.1. The fourth-order valence-electron chi connectivity index (χ4n) is 2.30. The molecule has 9 heteroatoms. The van der Waals surface area contributed by atoms with Gasteiger partial charge in [-0.3, -0.25) is 4.79 Å². The predicted octanol–water partition coefficient (Wildman–Crippen LogP) is 4.94. The molecule has 1 amide bonds. The van der Waals surface area contributed by atoms with Crippen LogP contribution in [0.3, 0.4) is 0 Å². The van der Waals surface area contributed by atoms with Gasteiger partial charge in [0, 0.05) is 5.02 Å². The van der Waals surface area contributed by atoms with Gasteiger partial charge in [-0.1, -0.05) is 23.2 Å². The molecule has 0 aliphatic carbocycles. The first-order valence-electron chi connectivity index (χ1n) is 7.71. The van der Waals surface area contributed by atoms with Crippen molar-refractivity contribution >= 4 is 71.0 Å². The number of hydrogen-bond donors (Lipinski definition) is 2. The normalized spacial score (nSPS) is 10.1. The van der Waals surface area contributed by atoms with Gasteiger partial charge in [-0.05, 0) is 58.8 Å². The number of hydrogen-bond acceptors (Lipinski definition) is 4. The van der Waals surface area contributed by atoms with Crippen molar-refractivity contribution in [2.24, 2.45) is 0 Å². The molecule has 0 saturated heterocycles. The van der Waals surface area contributed by atoms with Gasteiger partial charge in [-0.2, -0.15) is 11.3 Å². The van der Waals surface area contributed by atoms with Crippen molar-refractivity contribution < 1.29 is 19.4 Å². The van der Waals surface area contributed by atoms with Gasteiger partial charge in [0.2, 0.25) is 0 Å². The third kappa shape index (κ3) is 5.54. The monoisotopic (exact) mass is 429 g/mol. The number of ether oxygens (including phenoxy) is 1. The first kappa shape index (κ1) is 22.3. The number of amides is 1. The summed E-state index contributed by atoms with van der Waals surface area (Å²) in [7, 11) is 0. The summed E-state index contributed by atoms with van der Waals surface area (Å²) in [5.74, 6) is -1.33. The van der Waals surface area contributed by atoms with E-state index in [0.29, 0.717) is 17.4 Å². The van der Waals surface area contributed by atoms with Gasteiger partial charge in [0.1, 0.15) is 12.4 Å². The summed E-state index contributed by atoms with van der Waals surface area (Å²) in [6, 6.07) is 10.8. The summed E-state index contributed by atoms with van der Waals surface area (Å²) < 4.78 is 5.61. The summed E-state index contributed by atoms with van der Waals surface area (Å²) >= 11 is 13.4. The molecular formula is C19H14Cl2LiNO4S. The second-order valence-electron chi connectivity index (χ2n) is 5.51. The zero-order valence-electron chi connectivity index (χ0n) is 13.7. The Bertz CT molecular complexity index is 996. The molecule has 0 atom stereocenters. The number of carboxylic acid groups (broad SMARTS) is 1. The third-order valence-electron chi connectivity index (χ3n) is 3.63. The molecule has 0 spiro atoms. The number of thiophene rings is 1. The molecule has 0 fully saturated rings. The molecule has 0 bridgehead atoms. The summed E-state index contributed by atoms with van der Waals surface area (Å²) in [5, 5.41) is 16.5. The zero-order chi connectivity index (χ0) is 19.4. The van der Waals surface area contributed by atoms with E-state index in [0.717, 1.165) is 5.56 Å². The molecule has 0 aliphatic heterocycles. The third-order valence-corrected chi connectivity index (χ3v) is 4.91. The van der Waals surface area contributed by atoms with Crippen LogP contribution in [-0.4, -0.2) is 35.8 Å². The van der Waals surface area contributed by atoms with Gasteiger partial charge in [-0.15, -0.1) is 0 Å². The second kappa shape index (κ2) is 10.0. The molecule has 28 heavy (non-hydrogen) atoms. The number of carboxylic acids is 1. The topological polar surface area (TPSA) is 75.6 Å². The number of benzene rings is 2. The first-order valence-corrected chi connectivity index (χ1v) is 9.41. The van der Waals surface area contributed by atoms with Gasteiger partial charge >= 0.3 is 24.8 Å². The summed E-state index contributed by atoms with van der Waals surface area (Å²) in [5.41, 5.74) is 1.24. The van der Waals surface area contributed by atoms with E-state index in [1.54, 1.807) is 17.4 Å². The average molecular weight is 430 g/mol. The van der Waals surface area contributed by atoms with Crippen molar-refractivity contribution in [1.82, 2.24) is 0 Å². The first-order chi connectivity index (χ1) is 12.9. The van der Waals surface area contributed by atoms with E-state index in [9.17, 15) is 14.7 Å². The molecule has 3 rings (SSSR count). The van der Waals surface area contributed by atoms with Crippen molar-refractivity contribution in [3.8, 4) is 5.75 Å². The van der Waals surface area contributed by atoms with Crippen molar-refractivity contribution in [3.63, 3.8) is 0 Å². The van der Waals surface area contributed by atoms with E-state index in [4.69, 9.17) is 27.9 Å². The van der Waals surface area contributed by atoms with Crippen LogP contribution in [-0.2, 0) is 6.61 Å². The van der Waals surface area contributed by atoms with E-state index in [2.05, 4.69) is 5.32 Å². The van der Waals surface area contributed by atoms with Gasteiger partial charge in [0.15, 0.2) is 0 Å². The molecule has 140 valence electrons. The van der Waals surface area contributed by atoms with Crippen molar-refractivity contribution in [2.45, 2.75) is 6.61 Å². The Hall–Kier alpha value is -1.94. The Morgan fingerprint density at radius 1 is 1.07 bits per heavy atom. The molecule has 0 radical (unpaired) electrons. The Morgan fingerprint density at radius 2 is 1.86 bits per heavy atom. The number of anilines is 1. The molecule has 2 aromatic carbocycles. The second-order valence-corrected chi connectivity index (χ2v) is 7.13. The van der Waals surface area contributed by atoms with Crippen molar-refractivity contribution in [3.05, 3.63) is 80.0 Å². The maximum atomic E-state index is 12.4. The minimum absolute atomic E-state index is 0. The molecule has 5 nitrogen and oxygen atoms in total. The number of carbonyl (C=O) groups excluding carboxylic acids is 1. The maximum absolute atomic E-state index is 12.4. The van der Waals surface area contributed by atoms with Crippen LogP contribution in [0.2, 0.25) is 10.0 Å². The van der Waals surface area contributed by atoms with E-state index in [1.807, 2.05) is 16.8 Å². The number of nitrogens with one attached hydrogen (secondary N) is 1. The van der Waals surface area contributed by atoms with E-state index in [-0.39, 0.29) is 40.7 Å². The molecule has 0 aliphatic rings. The van der Waals surface area contributed by atoms with Crippen LogP contribution in [0.4, 0.5) is 5.69 Å². The van der Waals surface area contributed by atoms with Crippen LogP contribution in [0.5, 0.6) is 5.75 Å². The van der Waals surface area contributed by atoms with Crippen LogP contribution in [0, 0.1) is 0 Å². The van der Waals surface area contributed by atoms with Gasteiger partial charge in [0.05, 0.1) is 21.8 Å². The molecule has 1 aromatic heterocycles. The molecule has 3 aromatic rings. The fourth-order valence-corrected chi connectivity index (χ4v) is 3.45. The number of halogens is 2. The van der Waals surface area contributed by atoms with Crippen molar-refractivity contribution in [1.29, 1.82) is 0 Å². The summed E-state index contributed by atoms with van der Waals surface area (Å²) in [6.45, 7) is 0.328. The predicted molar refractivity (Wildman–Crippen MR) is 114 cm³/mol. The van der Waals surface area contributed by atoms with Crippen LogP contribution >= 0.6 is 34.5 Å². The van der Waals surface area contributed by atoms with E-state index in [1.165, 1.54) is 30.3 Å². The van der Waals surface area contributed by atoms with Crippen LogP contribution in [0.25, 0.3) is 0 Å². The van der Waals surface area contributed by atoms with E-state index < -0.39 is 11.9 Å². The number of aromatic carboxylic acids is 1. The van der Waals surface area contributed by atoms with Crippen LogP contribution < -0.4 is 10.1 Å². The molecule has 0 unspecified atom stereocenters. The summed E-state index contributed by atoms with van der Waals surface area (Å²) in [4.78, 5) is 24.0. The molecule has 2 N–H and O–H groups in total. The molecule has 0 saturated carbocycles. The Balaban J connectivity index is 0.00000280. The Morgan fingerprint density at radius 3 is 2.50 bits per heavy atom. The van der Waals surface area contributed by atoms with Gasteiger partial charge in [-0.25, -0.2) is 4.79 Å². The summed E-state index contributed by atoms with van der Waals surface area (Å²) in [6.07, 6.45) is 0. The van der Waals surface area contributed by atoms with Crippen molar-refractivity contribution in [2.75, 3.05) is 5.32 Å². The molecule has 1 heterocycles. The SMILES string of the molecule is O=C(Nc1ccc(OCc2ccsc2)cc1C(=O)O)c1ccc(Cl)cc1Cl.[LiH]. The number of carbonyl (C=O) groups is 2. The van der Waals surface area contributed by atoms with Crippen LogP contribution in [0.15, 0.2) is 53.2 Å². The average Bonchev–Trinajstić information content (AvgIpc) is 3.14.